The predicted molar refractivity (Wildman–Crippen MR) is 82.8 cm³/mol. The second kappa shape index (κ2) is 7.94. The molecular weight excluding hydrogens is 306 g/mol. The van der Waals surface area contributed by atoms with E-state index in [0.29, 0.717) is 5.56 Å². The van der Waals surface area contributed by atoms with E-state index in [1.165, 1.54) is 23.9 Å². The maximum absolute atomic E-state index is 13.3. The number of carbonyl (C=O) groups is 1. The summed E-state index contributed by atoms with van der Waals surface area (Å²) in [5.74, 6) is -1.69. The van der Waals surface area contributed by atoms with Crippen molar-refractivity contribution in [2.24, 2.45) is 0 Å². The molecule has 2 nitrogen and oxygen atoms in total. The quantitative estimate of drug-likeness (QED) is 0.588. The summed E-state index contributed by atoms with van der Waals surface area (Å²) in [6.45, 7) is 1.99. The van der Waals surface area contributed by atoms with Gasteiger partial charge in [-0.3, -0.25) is 4.79 Å². The molecule has 2 aromatic rings. The number of carbonyl (C=O) groups excluding carboxylic acids is 1. The van der Waals surface area contributed by atoms with Crippen LogP contribution in [0.3, 0.4) is 0 Å². The van der Waals surface area contributed by atoms with Gasteiger partial charge in [0.25, 0.3) is 0 Å². The molecule has 0 radical (unpaired) electrons. The topological polar surface area (TPSA) is 26.3 Å². The fraction of sp³-hybridized carbons (Fsp3) is 0.235. The Kier molecular flexibility index (Phi) is 5.95. The van der Waals surface area contributed by atoms with Gasteiger partial charge >= 0.3 is 5.97 Å². The lowest BCUT2D eigenvalue weighted by Gasteiger charge is -2.15. The SMILES string of the molecule is CCOC(=O)C(Cc1cc(F)cc(F)c1)Sc1ccccc1. The van der Waals surface area contributed by atoms with Gasteiger partial charge in [0.2, 0.25) is 0 Å². The molecule has 1 atom stereocenters. The van der Waals surface area contributed by atoms with Crippen LogP contribution in [0.1, 0.15) is 12.5 Å². The smallest absolute Gasteiger partial charge is 0.319 e. The van der Waals surface area contributed by atoms with Crippen molar-refractivity contribution in [1.82, 2.24) is 0 Å². The van der Waals surface area contributed by atoms with Crippen molar-refractivity contribution in [2.75, 3.05) is 6.61 Å². The molecule has 22 heavy (non-hydrogen) atoms. The minimum atomic E-state index is -0.651. The van der Waals surface area contributed by atoms with Gasteiger partial charge in [-0.05, 0) is 43.2 Å². The molecular formula is C17H16F2O2S. The van der Waals surface area contributed by atoms with Crippen LogP contribution in [-0.4, -0.2) is 17.8 Å². The van der Waals surface area contributed by atoms with E-state index in [9.17, 15) is 13.6 Å². The van der Waals surface area contributed by atoms with E-state index in [2.05, 4.69) is 0 Å². The Balaban J connectivity index is 2.18. The van der Waals surface area contributed by atoms with Crippen molar-refractivity contribution < 1.29 is 18.3 Å². The van der Waals surface area contributed by atoms with Crippen LogP contribution in [0.4, 0.5) is 8.78 Å². The Bertz CT molecular complexity index is 612. The van der Waals surface area contributed by atoms with Gasteiger partial charge < -0.3 is 4.74 Å². The third-order valence-corrected chi connectivity index (χ3v) is 4.10. The zero-order valence-electron chi connectivity index (χ0n) is 12.1. The second-order valence-corrected chi connectivity index (χ2v) is 5.93. The lowest BCUT2D eigenvalue weighted by molar-refractivity contribution is -0.142. The molecule has 0 spiro atoms. The molecule has 0 bridgehead atoms. The van der Waals surface area contributed by atoms with Gasteiger partial charge in [0.15, 0.2) is 0 Å². The van der Waals surface area contributed by atoms with Crippen LogP contribution in [0.2, 0.25) is 0 Å². The molecule has 0 aliphatic rings. The Morgan fingerprint density at radius 1 is 1.14 bits per heavy atom. The molecule has 0 aromatic heterocycles. The van der Waals surface area contributed by atoms with Crippen molar-refractivity contribution in [1.29, 1.82) is 0 Å². The summed E-state index contributed by atoms with van der Waals surface area (Å²) < 4.78 is 31.6. The molecule has 0 amide bonds. The molecule has 1 unspecified atom stereocenters. The molecule has 5 heteroatoms. The molecule has 0 saturated heterocycles. The van der Waals surface area contributed by atoms with Crippen LogP contribution in [0.25, 0.3) is 0 Å². The second-order valence-electron chi connectivity index (χ2n) is 4.65. The summed E-state index contributed by atoms with van der Waals surface area (Å²) >= 11 is 1.32. The molecule has 116 valence electrons. The Hall–Kier alpha value is -1.88. The maximum atomic E-state index is 13.3. The number of halogens is 2. The number of thioether (sulfide) groups is 1. The number of ether oxygens (including phenoxy) is 1. The first kappa shape index (κ1) is 16.5. The molecule has 0 N–H and O–H groups in total. The average Bonchev–Trinajstić information content (AvgIpc) is 2.47. The highest BCUT2D eigenvalue weighted by atomic mass is 32.2. The highest BCUT2D eigenvalue weighted by Gasteiger charge is 2.22. The summed E-state index contributed by atoms with van der Waals surface area (Å²) in [6, 6.07) is 12.7. The van der Waals surface area contributed by atoms with Crippen LogP contribution >= 0.6 is 11.8 Å². The molecule has 2 rings (SSSR count). The third kappa shape index (κ3) is 4.84. The van der Waals surface area contributed by atoms with E-state index in [4.69, 9.17) is 4.74 Å². The van der Waals surface area contributed by atoms with E-state index in [-0.39, 0.29) is 19.0 Å². The van der Waals surface area contributed by atoms with E-state index in [1.807, 2.05) is 30.3 Å². The van der Waals surface area contributed by atoms with Gasteiger partial charge in [-0.1, -0.05) is 18.2 Å². The number of benzene rings is 2. The Morgan fingerprint density at radius 3 is 2.36 bits per heavy atom. The van der Waals surface area contributed by atoms with Gasteiger partial charge in [0, 0.05) is 11.0 Å². The predicted octanol–water partition coefficient (Wildman–Crippen LogP) is 4.23. The highest BCUT2D eigenvalue weighted by Crippen LogP contribution is 2.27. The highest BCUT2D eigenvalue weighted by molar-refractivity contribution is 8.00. The van der Waals surface area contributed by atoms with E-state index < -0.39 is 16.9 Å². The van der Waals surface area contributed by atoms with E-state index in [0.717, 1.165) is 11.0 Å². The van der Waals surface area contributed by atoms with Crippen LogP contribution < -0.4 is 0 Å². The van der Waals surface area contributed by atoms with Crippen molar-refractivity contribution >= 4 is 17.7 Å². The van der Waals surface area contributed by atoms with Crippen LogP contribution in [0.15, 0.2) is 53.4 Å². The van der Waals surface area contributed by atoms with Crippen LogP contribution in [0, 0.1) is 11.6 Å². The van der Waals surface area contributed by atoms with Crippen LogP contribution in [-0.2, 0) is 16.0 Å². The Labute approximate surface area is 132 Å². The number of hydrogen-bond acceptors (Lipinski definition) is 3. The van der Waals surface area contributed by atoms with Crippen molar-refractivity contribution in [2.45, 2.75) is 23.5 Å². The third-order valence-electron chi connectivity index (χ3n) is 2.91. The molecule has 2 aromatic carbocycles. The lowest BCUT2D eigenvalue weighted by Crippen LogP contribution is -2.22. The van der Waals surface area contributed by atoms with Gasteiger partial charge in [-0.15, -0.1) is 11.8 Å². The standard InChI is InChI=1S/C17H16F2O2S/c1-2-21-17(20)16(22-15-6-4-3-5-7-15)10-12-8-13(18)11-14(19)9-12/h3-9,11,16H,2,10H2,1H3. The summed E-state index contributed by atoms with van der Waals surface area (Å²) in [5.41, 5.74) is 0.430. The zero-order chi connectivity index (χ0) is 15.9. The average molecular weight is 322 g/mol. The van der Waals surface area contributed by atoms with Crippen molar-refractivity contribution in [3.63, 3.8) is 0 Å². The minimum absolute atomic E-state index is 0.201. The molecule has 0 saturated carbocycles. The van der Waals surface area contributed by atoms with Crippen LogP contribution in [0.5, 0.6) is 0 Å². The van der Waals surface area contributed by atoms with Crippen molar-refractivity contribution in [3.05, 3.63) is 65.7 Å². The zero-order valence-corrected chi connectivity index (χ0v) is 12.9. The number of esters is 1. The number of hydrogen-bond donors (Lipinski definition) is 0. The lowest BCUT2D eigenvalue weighted by atomic mass is 10.1. The fourth-order valence-corrected chi connectivity index (χ4v) is 3.10. The number of rotatable bonds is 6. The first-order valence-electron chi connectivity index (χ1n) is 6.92. The summed E-state index contributed by atoms with van der Waals surface area (Å²) in [5, 5.41) is -0.552. The van der Waals surface area contributed by atoms with E-state index in [1.54, 1.807) is 6.92 Å². The molecule has 0 fully saturated rings. The largest absolute Gasteiger partial charge is 0.465 e. The minimum Gasteiger partial charge on any atom is -0.465 e. The first-order valence-corrected chi connectivity index (χ1v) is 7.79. The maximum Gasteiger partial charge on any atom is 0.319 e. The van der Waals surface area contributed by atoms with E-state index >= 15 is 0 Å². The monoisotopic (exact) mass is 322 g/mol. The summed E-state index contributed by atoms with van der Waals surface area (Å²) in [4.78, 5) is 13.0. The summed E-state index contributed by atoms with van der Waals surface area (Å²) in [7, 11) is 0. The first-order chi connectivity index (χ1) is 10.6. The Morgan fingerprint density at radius 2 is 1.77 bits per heavy atom. The molecule has 0 aliphatic carbocycles. The molecule has 0 aliphatic heterocycles. The van der Waals surface area contributed by atoms with Gasteiger partial charge in [0.1, 0.15) is 16.9 Å². The molecule has 0 heterocycles. The van der Waals surface area contributed by atoms with Gasteiger partial charge in [0.05, 0.1) is 6.61 Å². The van der Waals surface area contributed by atoms with Crippen molar-refractivity contribution in [3.8, 4) is 0 Å². The summed E-state index contributed by atoms with van der Waals surface area (Å²) in [6.07, 6.45) is 0.201. The fourth-order valence-electron chi connectivity index (χ4n) is 2.01. The van der Waals surface area contributed by atoms with Gasteiger partial charge in [-0.25, -0.2) is 8.78 Å². The normalized spacial score (nSPS) is 12.0. The van der Waals surface area contributed by atoms with Gasteiger partial charge in [-0.2, -0.15) is 0 Å².